The largest absolute Gasteiger partial charge is 0.497 e. The third-order valence-electron chi connectivity index (χ3n) is 5.68. The monoisotopic (exact) mass is 435 g/mol. The van der Waals surface area contributed by atoms with Crippen molar-refractivity contribution in [2.45, 2.75) is 20.4 Å². The molecule has 0 bridgehead atoms. The summed E-state index contributed by atoms with van der Waals surface area (Å²) in [6.07, 6.45) is 0. The summed E-state index contributed by atoms with van der Waals surface area (Å²) in [5.41, 5.74) is 2.46. The second kappa shape index (κ2) is 9.87. The summed E-state index contributed by atoms with van der Waals surface area (Å²) in [5, 5.41) is 0. The van der Waals surface area contributed by atoms with Crippen LogP contribution in [0.3, 0.4) is 0 Å². The zero-order valence-electron chi connectivity index (χ0n) is 18.8. The van der Waals surface area contributed by atoms with Crippen molar-refractivity contribution in [2.24, 2.45) is 0 Å². The molecule has 0 atom stereocenters. The Balaban J connectivity index is 1.38. The van der Waals surface area contributed by atoms with Gasteiger partial charge in [0.2, 0.25) is 5.89 Å². The molecule has 1 amide bonds. The molecule has 2 aromatic carbocycles. The number of aryl methyl sites for hydroxylation is 1. The summed E-state index contributed by atoms with van der Waals surface area (Å²) < 4.78 is 16.9. The van der Waals surface area contributed by atoms with Crippen LogP contribution < -0.4 is 9.47 Å². The Bertz CT molecular complexity index is 1050. The average Bonchev–Trinajstić information content (AvgIpc) is 3.19. The van der Waals surface area contributed by atoms with Gasteiger partial charge in [-0.3, -0.25) is 9.69 Å². The van der Waals surface area contributed by atoms with Gasteiger partial charge in [0.25, 0.3) is 5.91 Å². The molecule has 3 aromatic rings. The third-order valence-corrected chi connectivity index (χ3v) is 5.68. The Labute approximate surface area is 188 Å². The van der Waals surface area contributed by atoms with Crippen LogP contribution in [0.4, 0.5) is 0 Å². The number of methoxy groups -OCH3 is 1. The minimum atomic E-state index is 0.0553. The van der Waals surface area contributed by atoms with E-state index in [0.717, 1.165) is 41.6 Å². The molecule has 0 unspecified atom stereocenters. The van der Waals surface area contributed by atoms with Gasteiger partial charge in [0, 0.05) is 38.3 Å². The first-order valence-electron chi connectivity index (χ1n) is 10.9. The molecule has 7 nitrogen and oxygen atoms in total. The highest BCUT2D eigenvalue weighted by atomic mass is 16.5. The molecule has 0 saturated carbocycles. The van der Waals surface area contributed by atoms with Crippen LogP contribution in [0.2, 0.25) is 0 Å². The maximum absolute atomic E-state index is 12.8. The van der Waals surface area contributed by atoms with Crippen molar-refractivity contribution >= 4 is 5.91 Å². The number of hydrogen-bond donors (Lipinski definition) is 0. The molecular weight excluding hydrogens is 406 g/mol. The van der Waals surface area contributed by atoms with Gasteiger partial charge >= 0.3 is 0 Å². The molecule has 32 heavy (non-hydrogen) atoms. The summed E-state index contributed by atoms with van der Waals surface area (Å²) >= 11 is 0. The van der Waals surface area contributed by atoms with Crippen LogP contribution in [0.1, 0.15) is 28.7 Å². The first-order chi connectivity index (χ1) is 15.6. The maximum atomic E-state index is 12.8. The normalized spacial score (nSPS) is 14.4. The Morgan fingerprint density at radius 3 is 2.47 bits per heavy atom. The molecule has 1 aliphatic rings. The van der Waals surface area contributed by atoms with Crippen LogP contribution in [-0.4, -0.2) is 60.6 Å². The number of benzene rings is 2. The predicted octanol–water partition coefficient (Wildman–Crippen LogP) is 4.02. The first-order valence-corrected chi connectivity index (χ1v) is 10.9. The summed E-state index contributed by atoms with van der Waals surface area (Å²) in [7, 11) is 1.62. The van der Waals surface area contributed by atoms with Crippen molar-refractivity contribution in [2.75, 3.05) is 39.9 Å². The van der Waals surface area contributed by atoms with Crippen LogP contribution in [-0.2, 0) is 6.54 Å². The van der Waals surface area contributed by atoms with Gasteiger partial charge < -0.3 is 18.8 Å². The van der Waals surface area contributed by atoms with E-state index in [1.807, 2.05) is 67.3 Å². The minimum absolute atomic E-state index is 0.0553. The van der Waals surface area contributed by atoms with Gasteiger partial charge in [-0.1, -0.05) is 12.1 Å². The Morgan fingerprint density at radius 1 is 1.06 bits per heavy atom. The van der Waals surface area contributed by atoms with Crippen molar-refractivity contribution < 1.29 is 18.7 Å². The van der Waals surface area contributed by atoms with Crippen LogP contribution >= 0.6 is 0 Å². The van der Waals surface area contributed by atoms with E-state index in [2.05, 4.69) is 4.90 Å². The second-order valence-electron chi connectivity index (χ2n) is 7.75. The zero-order valence-corrected chi connectivity index (χ0v) is 18.8. The lowest BCUT2D eigenvalue weighted by atomic mass is 10.1. The lowest BCUT2D eigenvalue weighted by Gasteiger charge is -2.34. The number of nitrogens with zero attached hydrogens (tertiary/aromatic N) is 3. The molecule has 4 rings (SSSR count). The van der Waals surface area contributed by atoms with E-state index in [4.69, 9.17) is 18.9 Å². The predicted molar refractivity (Wildman–Crippen MR) is 122 cm³/mol. The van der Waals surface area contributed by atoms with Crippen molar-refractivity contribution in [3.05, 3.63) is 65.5 Å². The summed E-state index contributed by atoms with van der Waals surface area (Å²) in [5.74, 6) is 2.96. The van der Waals surface area contributed by atoms with Gasteiger partial charge in [-0.15, -0.1) is 0 Å². The quantitative estimate of drug-likeness (QED) is 0.559. The molecule has 1 aliphatic heterocycles. The minimum Gasteiger partial charge on any atom is -0.497 e. The number of oxazole rings is 1. The Morgan fingerprint density at radius 2 is 1.78 bits per heavy atom. The van der Waals surface area contributed by atoms with Gasteiger partial charge in [-0.2, -0.15) is 0 Å². The molecule has 1 saturated heterocycles. The van der Waals surface area contributed by atoms with Gasteiger partial charge in [-0.05, 0) is 50.2 Å². The number of aromatic nitrogens is 1. The van der Waals surface area contributed by atoms with Crippen molar-refractivity contribution in [3.8, 4) is 23.0 Å². The topological polar surface area (TPSA) is 68.0 Å². The molecule has 168 valence electrons. The summed E-state index contributed by atoms with van der Waals surface area (Å²) in [4.78, 5) is 21.8. The van der Waals surface area contributed by atoms with E-state index in [1.165, 1.54) is 0 Å². The SMILES string of the molecule is CCOc1ccccc1-c1nc(CN2CCN(C(=O)c3ccc(OC)cc3)CC2)c(C)o1. The Hall–Kier alpha value is -3.32. The number of amides is 1. The fraction of sp³-hybridized carbons (Fsp3) is 0.360. The number of ether oxygens (including phenoxy) is 2. The fourth-order valence-electron chi connectivity index (χ4n) is 3.85. The smallest absolute Gasteiger partial charge is 0.253 e. The number of para-hydroxylation sites is 1. The molecule has 2 heterocycles. The first kappa shape index (κ1) is 21.9. The number of piperazine rings is 1. The van der Waals surface area contributed by atoms with Gasteiger partial charge in [0.15, 0.2) is 0 Å². The van der Waals surface area contributed by atoms with Crippen molar-refractivity contribution in [3.63, 3.8) is 0 Å². The van der Waals surface area contributed by atoms with Crippen LogP contribution in [0, 0.1) is 6.92 Å². The van der Waals surface area contributed by atoms with E-state index < -0.39 is 0 Å². The van der Waals surface area contributed by atoms with E-state index in [9.17, 15) is 4.79 Å². The van der Waals surface area contributed by atoms with Crippen LogP contribution in [0.25, 0.3) is 11.5 Å². The summed E-state index contributed by atoms with van der Waals surface area (Å²) in [6.45, 7) is 8.13. The molecule has 7 heteroatoms. The molecule has 1 aromatic heterocycles. The molecule has 0 spiro atoms. The average molecular weight is 436 g/mol. The summed E-state index contributed by atoms with van der Waals surface area (Å²) in [6, 6.07) is 15.0. The van der Waals surface area contributed by atoms with Crippen LogP contribution in [0.5, 0.6) is 11.5 Å². The van der Waals surface area contributed by atoms with E-state index in [-0.39, 0.29) is 5.91 Å². The van der Waals surface area contributed by atoms with E-state index in [0.29, 0.717) is 37.7 Å². The van der Waals surface area contributed by atoms with E-state index in [1.54, 1.807) is 7.11 Å². The van der Waals surface area contributed by atoms with Crippen molar-refractivity contribution in [1.29, 1.82) is 0 Å². The number of hydrogen-bond acceptors (Lipinski definition) is 6. The van der Waals surface area contributed by atoms with Crippen LogP contribution in [0.15, 0.2) is 52.9 Å². The zero-order chi connectivity index (χ0) is 22.5. The third kappa shape index (κ3) is 4.78. The number of carbonyl (C=O) groups is 1. The fourth-order valence-corrected chi connectivity index (χ4v) is 3.85. The lowest BCUT2D eigenvalue weighted by Crippen LogP contribution is -2.48. The molecule has 0 aliphatic carbocycles. The highest BCUT2D eigenvalue weighted by Crippen LogP contribution is 2.31. The van der Waals surface area contributed by atoms with Gasteiger partial charge in [0.1, 0.15) is 17.3 Å². The lowest BCUT2D eigenvalue weighted by molar-refractivity contribution is 0.0626. The van der Waals surface area contributed by atoms with Crippen molar-refractivity contribution in [1.82, 2.24) is 14.8 Å². The standard InChI is InChI=1S/C25H29N3O4/c1-4-31-23-8-6-5-7-21(23)24-26-22(18(2)32-24)17-27-13-15-28(16-14-27)25(29)19-9-11-20(30-3)12-10-19/h5-12H,4,13-17H2,1-3H3. The van der Waals surface area contributed by atoms with Gasteiger partial charge in [0.05, 0.1) is 25.0 Å². The number of carbonyl (C=O) groups excluding carboxylic acids is 1. The van der Waals surface area contributed by atoms with Gasteiger partial charge in [-0.25, -0.2) is 4.98 Å². The highest BCUT2D eigenvalue weighted by molar-refractivity contribution is 5.94. The molecular formula is C25H29N3O4. The van der Waals surface area contributed by atoms with E-state index >= 15 is 0 Å². The molecule has 1 fully saturated rings. The second-order valence-corrected chi connectivity index (χ2v) is 7.75. The molecule has 0 N–H and O–H groups in total. The highest BCUT2D eigenvalue weighted by Gasteiger charge is 2.24. The molecule has 0 radical (unpaired) electrons. The Kier molecular flexibility index (Phi) is 6.75. The number of rotatable bonds is 7. The maximum Gasteiger partial charge on any atom is 0.253 e.